The minimum Gasteiger partial charge on any atom is -0.221 e. The minimum atomic E-state index is 0.324. The summed E-state index contributed by atoms with van der Waals surface area (Å²) >= 11 is 5.81. The molecule has 3 nitrogen and oxygen atoms in total. The van der Waals surface area contributed by atoms with E-state index in [0.717, 1.165) is 5.82 Å². The third-order valence-corrected chi connectivity index (χ3v) is 3.46. The minimum absolute atomic E-state index is 0.324. The van der Waals surface area contributed by atoms with Crippen molar-refractivity contribution >= 4 is 11.6 Å². The molecule has 0 atom stereocenters. The molecule has 1 fully saturated rings. The van der Waals surface area contributed by atoms with Crippen LogP contribution < -0.4 is 0 Å². The standard InChI is InChI=1S/C12H18ClN3/c13-12-15-9-14-11(16-12)10-7-5-3-1-2-4-6-8-10/h9-10H,1-8H2. The summed E-state index contributed by atoms with van der Waals surface area (Å²) < 4.78 is 0. The second-order valence-electron chi connectivity index (χ2n) is 4.51. The Morgan fingerprint density at radius 3 is 2.19 bits per heavy atom. The van der Waals surface area contributed by atoms with Crippen LogP contribution in [0.4, 0.5) is 0 Å². The molecule has 0 aliphatic heterocycles. The average Bonchev–Trinajstić information content (AvgIpc) is 2.42. The second kappa shape index (κ2) is 6.14. The van der Waals surface area contributed by atoms with E-state index in [2.05, 4.69) is 15.0 Å². The zero-order chi connectivity index (χ0) is 11.2. The molecule has 0 spiro atoms. The number of hydrogen-bond acceptors (Lipinski definition) is 3. The maximum Gasteiger partial charge on any atom is 0.225 e. The summed E-state index contributed by atoms with van der Waals surface area (Å²) in [5.41, 5.74) is 0. The first-order valence-corrected chi connectivity index (χ1v) is 6.58. The Balaban J connectivity index is 2.04. The molecule has 88 valence electrons. The Kier molecular flexibility index (Phi) is 4.52. The van der Waals surface area contributed by atoms with Crippen molar-refractivity contribution in [3.63, 3.8) is 0 Å². The van der Waals surface area contributed by atoms with E-state index in [4.69, 9.17) is 11.6 Å². The first-order valence-electron chi connectivity index (χ1n) is 6.20. The molecule has 0 amide bonds. The fraction of sp³-hybridized carbons (Fsp3) is 0.750. The highest BCUT2D eigenvalue weighted by Crippen LogP contribution is 2.28. The van der Waals surface area contributed by atoms with Gasteiger partial charge in [-0.25, -0.2) is 15.0 Å². The second-order valence-corrected chi connectivity index (χ2v) is 4.85. The van der Waals surface area contributed by atoms with Gasteiger partial charge in [-0.05, 0) is 24.4 Å². The fourth-order valence-electron chi connectivity index (χ4n) is 2.38. The SMILES string of the molecule is Clc1ncnc(C2CCCCCCCC2)n1. The van der Waals surface area contributed by atoms with E-state index < -0.39 is 0 Å². The Bertz CT molecular complexity index is 320. The van der Waals surface area contributed by atoms with Gasteiger partial charge in [0.1, 0.15) is 12.2 Å². The summed E-state index contributed by atoms with van der Waals surface area (Å²) in [6.07, 6.45) is 11.9. The zero-order valence-electron chi connectivity index (χ0n) is 9.53. The lowest BCUT2D eigenvalue weighted by molar-refractivity contribution is 0.513. The summed E-state index contributed by atoms with van der Waals surface area (Å²) in [6, 6.07) is 0. The predicted octanol–water partition coefficient (Wildman–Crippen LogP) is 3.74. The van der Waals surface area contributed by atoms with Gasteiger partial charge in [0.25, 0.3) is 0 Å². The van der Waals surface area contributed by atoms with Crippen LogP contribution >= 0.6 is 11.6 Å². The van der Waals surface area contributed by atoms with Gasteiger partial charge in [-0.1, -0.05) is 38.5 Å². The molecule has 0 bridgehead atoms. The highest BCUT2D eigenvalue weighted by atomic mass is 35.5. The highest BCUT2D eigenvalue weighted by Gasteiger charge is 2.15. The molecular formula is C12H18ClN3. The van der Waals surface area contributed by atoms with Crippen molar-refractivity contribution in [3.8, 4) is 0 Å². The molecule has 0 saturated heterocycles. The van der Waals surface area contributed by atoms with Crippen LogP contribution in [0, 0.1) is 0 Å². The molecule has 1 aromatic heterocycles. The lowest BCUT2D eigenvalue weighted by atomic mass is 9.96. The van der Waals surface area contributed by atoms with E-state index in [1.165, 1.54) is 57.7 Å². The Morgan fingerprint density at radius 2 is 1.56 bits per heavy atom. The molecule has 0 N–H and O–H groups in total. The summed E-state index contributed by atoms with van der Waals surface area (Å²) in [5.74, 6) is 1.38. The molecule has 2 rings (SSSR count). The van der Waals surface area contributed by atoms with E-state index in [0.29, 0.717) is 11.2 Å². The van der Waals surface area contributed by atoms with E-state index in [-0.39, 0.29) is 0 Å². The summed E-state index contributed by atoms with van der Waals surface area (Å²) in [6.45, 7) is 0. The Hall–Kier alpha value is -0.700. The molecule has 1 heterocycles. The lowest BCUT2D eigenvalue weighted by Crippen LogP contribution is -2.05. The van der Waals surface area contributed by atoms with Crippen LogP contribution in [0.1, 0.15) is 63.1 Å². The smallest absolute Gasteiger partial charge is 0.221 e. The number of halogens is 1. The number of nitrogens with zero attached hydrogens (tertiary/aromatic N) is 3. The van der Waals surface area contributed by atoms with Gasteiger partial charge >= 0.3 is 0 Å². The van der Waals surface area contributed by atoms with Crippen molar-refractivity contribution in [1.29, 1.82) is 0 Å². The molecule has 1 aliphatic carbocycles. The first kappa shape index (κ1) is 11.8. The van der Waals surface area contributed by atoms with Crippen molar-refractivity contribution in [3.05, 3.63) is 17.4 Å². The number of hydrogen-bond donors (Lipinski definition) is 0. The average molecular weight is 240 g/mol. The monoisotopic (exact) mass is 239 g/mol. The van der Waals surface area contributed by atoms with Gasteiger partial charge in [-0.3, -0.25) is 0 Å². The lowest BCUT2D eigenvalue weighted by Gasteiger charge is -2.13. The van der Waals surface area contributed by atoms with Crippen LogP contribution in [0.2, 0.25) is 5.28 Å². The molecule has 1 aliphatic rings. The van der Waals surface area contributed by atoms with Crippen molar-refractivity contribution < 1.29 is 0 Å². The Morgan fingerprint density at radius 1 is 0.938 bits per heavy atom. The topological polar surface area (TPSA) is 38.7 Å². The van der Waals surface area contributed by atoms with Crippen LogP contribution in [0.3, 0.4) is 0 Å². The van der Waals surface area contributed by atoms with Crippen LogP contribution in [-0.2, 0) is 0 Å². The fourth-order valence-corrected chi connectivity index (χ4v) is 2.51. The summed E-state index contributed by atoms with van der Waals surface area (Å²) in [5, 5.41) is 0.324. The van der Waals surface area contributed by atoms with Crippen LogP contribution in [0.5, 0.6) is 0 Å². The van der Waals surface area contributed by atoms with Crippen LogP contribution in [0.15, 0.2) is 6.33 Å². The molecular weight excluding hydrogens is 222 g/mol. The maximum atomic E-state index is 5.81. The zero-order valence-corrected chi connectivity index (χ0v) is 10.3. The third-order valence-electron chi connectivity index (χ3n) is 3.28. The molecule has 1 saturated carbocycles. The van der Waals surface area contributed by atoms with Gasteiger partial charge < -0.3 is 0 Å². The van der Waals surface area contributed by atoms with E-state index in [1.807, 2.05) is 0 Å². The van der Waals surface area contributed by atoms with Crippen molar-refractivity contribution in [2.45, 2.75) is 57.3 Å². The largest absolute Gasteiger partial charge is 0.225 e. The van der Waals surface area contributed by atoms with E-state index in [1.54, 1.807) is 0 Å². The van der Waals surface area contributed by atoms with Crippen molar-refractivity contribution in [1.82, 2.24) is 15.0 Å². The van der Waals surface area contributed by atoms with Gasteiger partial charge in [0, 0.05) is 5.92 Å². The van der Waals surface area contributed by atoms with Gasteiger partial charge in [0.05, 0.1) is 0 Å². The van der Waals surface area contributed by atoms with Crippen LogP contribution in [-0.4, -0.2) is 15.0 Å². The quantitative estimate of drug-likeness (QED) is 0.749. The Labute approximate surface area is 102 Å². The van der Waals surface area contributed by atoms with Crippen LogP contribution in [0.25, 0.3) is 0 Å². The molecule has 0 unspecified atom stereocenters. The summed E-state index contributed by atoms with van der Waals surface area (Å²) in [7, 11) is 0. The molecule has 4 heteroatoms. The highest BCUT2D eigenvalue weighted by molar-refractivity contribution is 6.28. The molecule has 1 aromatic rings. The predicted molar refractivity (Wildman–Crippen MR) is 64.5 cm³/mol. The summed E-state index contributed by atoms with van der Waals surface area (Å²) in [4.78, 5) is 12.3. The van der Waals surface area contributed by atoms with Gasteiger partial charge in [-0.15, -0.1) is 0 Å². The number of aromatic nitrogens is 3. The molecule has 0 radical (unpaired) electrons. The molecule has 16 heavy (non-hydrogen) atoms. The van der Waals surface area contributed by atoms with Crippen molar-refractivity contribution in [2.75, 3.05) is 0 Å². The molecule has 0 aromatic carbocycles. The van der Waals surface area contributed by atoms with Gasteiger partial charge in [0.15, 0.2) is 0 Å². The van der Waals surface area contributed by atoms with Crippen molar-refractivity contribution in [2.24, 2.45) is 0 Å². The number of rotatable bonds is 1. The van der Waals surface area contributed by atoms with Gasteiger partial charge in [-0.2, -0.15) is 0 Å². The van der Waals surface area contributed by atoms with E-state index in [9.17, 15) is 0 Å². The van der Waals surface area contributed by atoms with E-state index >= 15 is 0 Å². The third kappa shape index (κ3) is 3.41. The normalized spacial score (nSPS) is 19.8. The van der Waals surface area contributed by atoms with Gasteiger partial charge in [0.2, 0.25) is 5.28 Å². The first-order chi connectivity index (χ1) is 7.86. The maximum absolute atomic E-state index is 5.81.